The highest BCUT2D eigenvalue weighted by molar-refractivity contribution is 4.57. The first kappa shape index (κ1) is 23.0. The normalized spacial score (nSPS) is 12.7. The van der Waals surface area contributed by atoms with Gasteiger partial charge in [0.05, 0.1) is 6.10 Å². The minimum absolute atomic E-state index is 0.0281. The molecule has 0 aliphatic rings. The van der Waals surface area contributed by atoms with Crippen molar-refractivity contribution in [1.82, 2.24) is 0 Å². The maximum Gasteiger partial charge on any atom is 0.0540 e. The molecule has 0 saturated heterocycles. The lowest BCUT2D eigenvalue weighted by molar-refractivity contribution is 0.147. The highest BCUT2D eigenvalue weighted by atomic mass is 16.3. The van der Waals surface area contributed by atoms with Crippen molar-refractivity contribution in [2.45, 2.75) is 142 Å². The van der Waals surface area contributed by atoms with E-state index in [0.29, 0.717) is 0 Å². The fraction of sp³-hybridized carbons (Fsp3) is 1.00. The second kappa shape index (κ2) is 20.0. The Bertz CT molecular complexity index is 202. The van der Waals surface area contributed by atoms with Crippen LogP contribution in [0.5, 0.6) is 0 Å². The standard InChI is InChI=1S/C22H46O/c1-3-5-7-9-11-13-15-17-19-21-22(23)20-18-16-14-12-10-8-6-4-2/h22-23H,3-21H2,1-2H3. The maximum absolute atomic E-state index is 10.0. The monoisotopic (exact) mass is 326 g/mol. The zero-order chi connectivity index (χ0) is 17.0. The highest BCUT2D eigenvalue weighted by Gasteiger charge is 2.03. The molecule has 1 nitrogen and oxygen atoms in total. The zero-order valence-corrected chi connectivity index (χ0v) is 16.5. The average molecular weight is 327 g/mol. The van der Waals surface area contributed by atoms with Crippen molar-refractivity contribution in [3.05, 3.63) is 0 Å². The summed E-state index contributed by atoms with van der Waals surface area (Å²) in [6, 6.07) is 0. The van der Waals surface area contributed by atoms with E-state index in [9.17, 15) is 5.11 Å². The second-order valence-electron chi connectivity index (χ2n) is 7.53. The Hall–Kier alpha value is -0.0400. The number of aliphatic hydroxyl groups is 1. The summed E-state index contributed by atoms with van der Waals surface area (Å²) in [6.07, 6.45) is 25.3. The first-order valence-corrected chi connectivity index (χ1v) is 11.0. The minimum Gasteiger partial charge on any atom is -0.393 e. The van der Waals surface area contributed by atoms with Gasteiger partial charge in [-0.05, 0) is 12.8 Å². The lowest BCUT2D eigenvalue weighted by atomic mass is 10.0. The number of hydrogen-bond donors (Lipinski definition) is 1. The van der Waals surface area contributed by atoms with Crippen molar-refractivity contribution >= 4 is 0 Å². The summed E-state index contributed by atoms with van der Waals surface area (Å²) in [4.78, 5) is 0. The molecule has 0 aromatic carbocycles. The summed E-state index contributed by atoms with van der Waals surface area (Å²) in [5.41, 5.74) is 0. The lowest BCUT2D eigenvalue weighted by Crippen LogP contribution is -2.05. The molecule has 0 radical (unpaired) electrons. The molecule has 23 heavy (non-hydrogen) atoms. The number of unbranched alkanes of at least 4 members (excludes halogenated alkanes) is 15. The number of hydrogen-bond acceptors (Lipinski definition) is 1. The maximum atomic E-state index is 10.0. The Balaban J connectivity index is 3.11. The van der Waals surface area contributed by atoms with Gasteiger partial charge >= 0.3 is 0 Å². The Morgan fingerprint density at radius 1 is 0.435 bits per heavy atom. The van der Waals surface area contributed by atoms with Gasteiger partial charge in [-0.2, -0.15) is 0 Å². The van der Waals surface area contributed by atoms with E-state index >= 15 is 0 Å². The van der Waals surface area contributed by atoms with Crippen LogP contribution in [-0.2, 0) is 0 Å². The third-order valence-electron chi connectivity index (χ3n) is 5.03. The summed E-state index contributed by atoms with van der Waals surface area (Å²) >= 11 is 0. The van der Waals surface area contributed by atoms with Crippen LogP contribution in [0.25, 0.3) is 0 Å². The number of rotatable bonds is 19. The van der Waals surface area contributed by atoms with Gasteiger partial charge in [0.2, 0.25) is 0 Å². The zero-order valence-electron chi connectivity index (χ0n) is 16.5. The van der Waals surface area contributed by atoms with Crippen LogP contribution in [0.1, 0.15) is 136 Å². The van der Waals surface area contributed by atoms with Gasteiger partial charge in [-0.3, -0.25) is 0 Å². The summed E-state index contributed by atoms with van der Waals surface area (Å²) in [7, 11) is 0. The van der Waals surface area contributed by atoms with Gasteiger partial charge in [-0.25, -0.2) is 0 Å². The van der Waals surface area contributed by atoms with Gasteiger partial charge < -0.3 is 5.11 Å². The quantitative estimate of drug-likeness (QED) is 0.240. The van der Waals surface area contributed by atoms with Gasteiger partial charge in [0, 0.05) is 0 Å². The molecule has 140 valence electrons. The molecule has 0 saturated carbocycles. The van der Waals surface area contributed by atoms with Crippen LogP contribution in [0.3, 0.4) is 0 Å². The van der Waals surface area contributed by atoms with Gasteiger partial charge in [0.25, 0.3) is 0 Å². The Kier molecular flexibility index (Phi) is 20.0. The fourth-order valence-corrected chi connectivity index (χ4v) is 3.35. The van der Waals surface area contributed by atoms with Gasteiger partial charge in [0.15, 0.2) is 0 Å². The molecule has 0 aromatic heterocycles. The van der Waals surface area contributed by atoms with Crippen LogP contribution in [-0.4, -0.2) is 11.2 Å². The molecule has 0 aliphatic heterocycles. The fourth-order valence-electron chi connectivity index (χ4n) is 3.35. The molecule has 0 spiro atoms. The van der Waals surface area contributed by atoms with Crippen LogP contribution < -0.4 is 0 Å². The molecule has 1 atom stereocenters. The van der Waals surface area contributed by atoms with Gasteiger partial charge in [-0.1, -0.05) is 123 Å². The van der Waals surface area contributed by atoms with Crippen LogP contribution >= 0.6 is 0 Å². The summed E-state index contributed by atoms with van der Waals surface area (Å²) in [6.45, 7) is 4.55. The Labute approximate surface area is 147 Å². The van der Waals surface area contributed by atoms with E-state index in [1.807, 2.05) is 0 Å². The predicted octanol–water partition coefficient (Wildman–Crippen LogP) is 7.80. The third kappa shape index (κ3) is 19.9. The van der Waals surface area contributed by atoms with Crippen LogP contribution in [0.2, 0.25) is 0 Å². The van der Waals surface area contributed by atoms with Crippen molar-refractivity contribution in [2.24, 2.45) is 0 Å². The highest BCUT2D eigenvalue weighted by Crippen LogP contribution is 2.15. The van der Waals surface area contributed by atoms with E-state index in [2.05, 4.69) is 13.8 Å². The summed E-state index contributed by atoms with van der Waals surface area (Å²) < 4.78 is 0. The molecule has 0 fully saturated rings. The van der Waals surface area contributed by atoms with Gasteiger partial charge in [0.1, 0.15) is 0 Å². The minimum atomic E-state index is -0.0281. The van der Waals surface area contributed by atoms with E-state index in [1.165, 1.54) is 109 Å². The first-order valence-electron chi connectivity index (χ1n) is 11.0. The molecular formula is C22H46O. The van der Waals surface area contributed by atoms with E-state index in [4.69, 9.17) is 0 Å². The van der Waals surface area contributed by atoms with Crippen LogP contribution in [0.4, 0.5) is 0 Å². The molecule has 0 heterocycles. The van der Waals surface area contributed by atoms with Crippen molar-refractivity contribution in [1.29, 1.82) is 0 Å². The van der Waals surface area contributed by atoms with Crippen molar-refractivity contribution < 1.29 is 5.11 Å². The summed E-state index contributed by atoms with van der Waals surface area (Å²) in [5, 5.41) is 10.0. The van der Waals surface area contributed by atoms with Gasteiger partial charge in [-0.15, -0.1) is 0 Å². The molecule has 0 bridgehead atoms. The molecule has 1 heteroatoms. The molecule has 0 aromatic rings. The van der Waals surface area contributed by atoms with Crippen molar-refractivity contribution in [2.75, 3.05) is 0 Å². The molecule has 0 rings (SSSR count). The molecule has 1 unspecified atom stereocenters. The van der Waals surface area contributed by atoms with E-state index in [1.54, 1.807) is 0 Å². The Morgan fingerprint density at radius 3 is 1.00 bits per heavy atom. The average Bonchev–Trinajstić information content (AvgIpc) is 2.56. The molecule has 0 aliphatic carbocycles. The topological polar surface area (TPSA) is 20.2 Å². The largest absolute Gasteiger partial charge is 0.393 e. The van der Waals surface area contributed by atoms with Crippen molar-refractivity contribution in [3.63, 3.8) is 0 Å². The molecule has 0 amide bonds. The third-order valence-corrected chi connectivity index (χ3v) is 5.03. The van der Waals surface area contributed by atoms with E-state index in [-0.39, 0.29) is 6.10 Å². The lowest BCUT2D eigenvalue weighted by Gasteiger charge is -2.10. The first-order chi connectivity index (χ1) is 11.3. The molecular weight excluding hydrogens is 280 g/mol. The summed E-state index contributed by atoms with van der Waals surface area (Å²) in [5.74, 6) is 0. The predicted molar refractivity (Wildman–Crippen MR) is 105 cm³/mol. The van der Waals surface area contributed by atoms with Crippen LogP contribution in [0.15, 0.2) is 0 Å². The Morgan fingerprint density at radius 2 is 0.696 bits per heavy atom. The van der Waals surface area contributed by atoms with Crippen LogP contribution in [0, 0.1) is 0 Å². The smallest absolute Gasteiger partial charge is 0.0540 e. The van der Waals surface area contributed by atoms with E-state index in [0.717, 1.165) is 12.8 Å². The second-order valence-corrected chi connectivity index (χ2v) is 7.53. The number of aliphatic hydroxyl groups excluding tert-OH is 1. The molecule has 1 N–H and O–H groups in total. The van der Waals surface area contributed by atoms with Crippen molar-refractivity contribution in [3.8, 4) is 0 Å². The SMILES string of the molecule is CCCCCCCCCCCC(O)CCCCCCCCCC. The van der Waals surface area contributed by atoms with E-state index < -0.39 is 0 Å².